The normalized spacial score (nSPS) is 23.8. The van der Waals surface area contributed by atoms with Gasteiger partial charge >= 0.3 is 5.97 Å². The van der Waals surface area contributed by atoms with Gasteiger partial charge in [-0.25, -0.2) is 9.97 Å². The van der Waals surface area contributed by atoms with E-state index >= 15 is 0 Å². The topological polar surface area (TPSA) is 129 Å². The largest absolute Gasteiger partial charge is 0.481 e. The number of hydrogen-bond donors (Lipinski definition) is 4. The molecule has 246 valence electrons. The third-order valence-electron chi connectivity index (χ3n) is 10.2. The molecule has 2 amide bonds. The van der Waals surface area contributed by atoms with E-state index in [0.29, 0.717) is 29.5 Å². The van der Waals surface area contributed by atoms with E-state index in [9.17, 15) is 19.5 Å². The molecule has 3 atom stereocenters. The van der Waals surface area contributed by atoms with E-state index in [2.05, 4.69) is 49.4 Å². The van der Waals surface area contributed by atoms with Crippen molar-refractivity contribution in [3.8, 4) is 0 Å². The summed E-state index contributed by atoms with van der Waals surface area (Å²) in [6.45, 7) is 10.2. The number of nitrogens with one attached hydrogen (secondary N) is 3. The summed E-state index contributed by atoms with van der Waals surface area (Å²) in [5, 5.41) is 16.1. The Hall–Kier alpha value is -3.41. The molecule has 2 saturated heterocycles. The van der Waals surface area contributed by atoms with E-state index in [1.807, 2.05) is 24.3 Å². The van der Waals surface area contributed by atoms with Crippen molar-refractivity contribution in [2.24, 2.45) is 11.3 Å². The number of aryl methyl sites for hydroxylation is 1. The van der Waals surface area contributed by atoms with Crippen molar-refractivity contribution in [3.05, 3.63) is 57.7 Å². The first-order valence-corrected chi connectivity index (χ1v) is 17.5. The molecule has 1 aliphatic carbocycles. The molecule has 2 aliphatic heterocycles. The van der Waals surface area contributed by atoms with Crippen LogP contribution in [0.3, 0.4) is 0 Å². The number of carboxylic acid groups (broad SMARTS) is 1. The van der Waals surface area contributed by atoms with Crippen LogP contribution in [0.25, 0.3) is 10.3 Å². The van der Waals surface area contributed by atoms with E-state index in [0.717, 1.165) is 73.3 Å². The van der Waals surface area contributed by atoms with Crippen LogP contribution in [0.5, 0.6) is 0 Å². The van der Waals surface area contributed by atoms with Gasteiger partial charge in [0.2, 0.25) is 0 Å². The Morgan fingerprint density at radius 3 is 2.67 bits per heavy atom. The quantitative estimate of drug-likeness (QED) is 0.266. The van der Waals surface area contributed by atoms with Gasteiger partial charge in [0.15, 0.2) is 5.01 Å². The first kappa shape index (κ1) is 32.5. The second-order valence-corrected chi connectivity index (χ2v) is 15.6. The fraction of sp³-hybridized carbons (Fsp3) is 0.571. The van der Waals surface area contributed by atoms with Crippen LogP contribution in [-0.4, -0.2) is 83.1 Å². The molecule has 0 saturated carbocycles. The molecule has 1 aromatic carbocycles. The van der Waals surface area contributed by atoms with Crippen LogP contribution < -0.4 is 15.5 Å². The highest BCUT2D eigenvalue weighted by atomic mass is 32.1. The highest BCUT2D eigenvalue weighted by Crippen LogP contribution is 2.38. The summed E-state index contributed by atoms with van der Waals surface area (Å²) in [5.41, 5.74) is 4.75. The van der Waals surface area contributed by atoms with E-state index in [1.165, 1.54) is 21.8 Å². The Labute approximate surface area is 275 Å². The predicted octanol–water partition coefficient (Wildman–Crippen LogP) is 3.27. The Kier molecular flexibility index (Phi) is 9.45. The zero-order valence-electron chi connectivity index (χ0n) is 27.4. The van der Waals surface area contributed by atoms with Crippen molar-refractivity contribution in [2.45, 2.75) is 83.8 Å². The van der Waals surface area contributed by atoms with Crippen LogP contribution >= 0.6 is 11.3 Å². The van der Waals surface area contributed by atoms with Crippen molar-refractivity contribution in [2.75, 3.05) is 33.2 Å². The maximum atomic E-state index is 13.8. The SMILES string of the molecule is C[NH+]1CC(NC(=O)c2cccc([C@@H](CCN3CCC[C@H]3CC(=O)O)NC(=O)c3nc4cc5c(nc4s3)CC[C@H](C(C)(C)C)C5)c2)C1. The van der Waals surface area contributed by atoms with Crippen LogP contribution in [0, 0.1) is 11.3 Å². The molecule has 6 rings (SSSR count). The third kappa shape index (κ3) is 7.42. The van der Waals surface area contributed by atoms with Gasteiger partial charge in [0.25, 0.3) is 11.8 Å². The fourth-order valence-corrected chi connectivity index (χ4v) is 8.20. The number of pyridine rings is 1. The van der Waals surface area contributed by atoms with Gasteiger partial charge < -0.3 is 20.6 Å². The Morgan fingerprint density at radius 1 is 1.13 bits per heavy atom. The number of likely N-dealkylation sites (N-methyl/N-ethyl adjacent to an activating group) is 1. The van der Waals surface area contributed by atoms with E-state index in [1.54, 1.807) is 0 Å². The molecular weight excluding hydrogens is 600 g/mol. The smallest absolute Gasteiger partial charge is 0.304 e. The van der Waals surface area contributed by atoms with Gasteiger partial charge in [0.1, 0.15) is 29.5 Å². The summed E-state index contributed by atoms with van der Waals surface area (Å²) in [4.78, 5) is 52.4. The molecule has 2 aromatic heterocycles. The first-order chi connectivity index (χ1) is 21.9. The summed E-state index contributed by atoms with van der Waals surface area (Å²) in [6.07, 6.45) is 5.54. The van der Waals surface area contributed by atoms with Gasteiger partial charge in [0, 0.05) is 23.8 Å². The number of aromatic nitrogens is 2. The minimum Gasteiger partial charge on any atom is -0.481 e. The number of fused-ring (bicyclic) bond motifs is 2. The van der Waals surface area contributed by atoms with Crippen LogP contribution in [0.1, 0.15) is 95.9 Å². The molecule has 0 bridgehead atoms. The molecule has 2 fully saturated rings. The van der Waals surface area contributed by atoms with Crippen molar-refractivity contribution in [1.29, 1.82) is 0 Å². The lowest BCUT2D eigenvalue weighted by Crippen LogP contribution is -3.19. The fourth-order valence-electron chi connectivity index (χ4n) is 7.36. The number of nitrogens with zero attached hydrogens (tertiary/aromatic N) is 3. The molecule has 4 N–H and O–H groups in total. The number of benzene rings is 1. The number of likely N-dealkylation sites (tertiary alicyclic amines) is 2. The van der Waals surface area contributed by atoms with Gasteiger partial charge in [-0.3, -0.25) is 19.3 Å². The number of carbonyl (C=O) groups excluding carboxylic acids is 2. The number of carbonyl (C=O) groups is 3. The van der Waals surface area contributed by atoms with Crippen LogP contribution in [0.4, 0.5) is 0 Å². The minimum atomic E-state index is -0.792. The Morgan fingerprint density at radius 2 is 1.93 bits per heavy atom. The lowest BCUT2D eigenvalue weighted by molar-refractivity contribution is -0.922. The van der Waals surface area contributed by atoms with E-state index in [4.69, 9.17) is 9.97 Å². The lowest BCUT2D eigenvalue weighted by atomic mass is 9.71. The second-order valence-electron chi connectivity index (χ2n) is 14.6. The van der Waals surface area contributed by atoms with Crippen LogP contribution in [-0.2, 0) is 17.6 Å². The molecule has 0 unspecified atom stereocenters. The molecule has 0 radical (unpaired) electrons. The Bertz CT molecular complexity index is 1610. The standard InChI is InChI=1S/C35H46N6O4S/c1-35(2,3)24-10-11-27-23(16-24)17-29-33(38-27)46-34(39-29)32(45)37-28(12-14-41-13-6-9-26(41)18-30(42)43)21-7-5-8-22(15-21)31(44)36-25-19-40(4)20-25/h5,7-8,15,17,24-26,28H,6,9-14,16,18-20H2,1-4H3,(H,36,44)(H,37,45)(H,42,43)/p+1/t24-,26-,28+/m0/s1. The summed E-state index contributed by atoms with van der Waals surface area (Å²) in [6, 6.07) is 9.39. The molecule has 46 heavy (non-hydrogen) atoms. The summed E-state index contributed by atoms with van der Waals surface area (Å²) < 4.78 is 0. The number of carboxylic acids is 1. The molecule has 4 heterocycles. The summed E-state index contributed by atoms with van der Waals surface area (Å²) in [7, 11) is 2.11. The maximum absolute atomic E-state index is 13.8. The first-order valence-electron chi connectivity index (χ1n) is 16.7. The maximum Gasteiger partial charge on any atom is 0.304 e. The Balaban J connectivity index is 1.22. The number of hydrogen-bond acceptors (Lipinski definition) is 7. The molecule has 10 nitrogen and oxygen atoms in total. The highest BCUT2D eigenvalue weighted by Gasteiger charge is 2.32. The van der Waals surface area contributed by atoms with Crippen molar-refractivity contribution >= 4 is 39.5 Å². The molecule has 0 spiro atoms. The highest BCUT2D eigenvalue weighted by molar-refractivity contribution is 7.19. The molecule has 3 aromatic rings. The minimum absolute atomic E-state index is 0.00653. The van der Waals surface area contributed by atoms with Crippen molar-refractivity contribution in [1.82, 2.24) is 25.5 Å². The number of rotatable bonds is 10. The zero-order valence-corrected chi connectivity index (χ0v) is 28.2. The lowest BCUT2D eigenvalue weighted by Gasteiger charge is -2.34. The molecule has 11 heteroatoms. The number of amides is 2. The second kappa shape index (κ2) is 13.4. The van der Waals surface area contributed by atoms with Gasteiger partial charge in [-0.1, -0.05) is 44.2 Å². The monoisotopic (exact) mass is 647 g/mol. The average molecular weight is 648 g/mol. The predicted molar refractivity (Wildman–Crippen MR) is 178 cm³/mol. The van der Waals surface area contributed by atoms with Gasteiger partial charge in [-0.2, -0.15) is 0 Å². The zero-order chi connectivity index (χ0) is 32.6. The van der Waals surface area contributed by atoms with E-state index < -0.39 is 5.97 Å². The van der Waals surface area contributed by atoms with Gasteiger partial charge in [0.05, 0.1) is 19.5 Å². The van der Waals surface area contributed by atoms with E-state index in [-0.39, 0.29) is 41.8 Å². The number of quaternary nitrogens is 1. The van der Waals surface area contributed by atoms with Gasteiger partial charge in [-0.05, 0) is 85.7 Å². The molecular formula is C35H47N6O4S+. The van der Waals surface area contributed by atoms with Crippen molar-refractivity contribution < 1.29 is 24.4 Å². The van der Waals surface area contributed by atoms with Crippen LogP contribution in [0.2, 0.25) is 0 Å². The number of thiazole rings is 1. The molecule has 3 aliphatic rings. The summed E-state index contributed by atoms with van der Waals surface area (Å²) >= 11 is 1.32. The average Bonchev–Trinajstić information content (AvgIpc) is 3.62. The van der Waals surface area contributed by atoms with Crippen LogP contribution in [0.15, 0.2) is 30.3 Å². The third-order valence-corrected chi connectivity index (χ3v) is 11.1. The number of aliphatic carboxylic acids is 1. The van der Waals surface area contributed by atoms with Gasteiger partial charge in [-0.15, -0.1) is 0 Å². The summed E-state index contributed by atoms with van der Waals surface area (Å²) in [5.74, 6) is -0.585. The van der Waals surface area contributed by atoms with Crippen molar-refractivity contribution in [3.63, 3.8) is 0 Å².